The third kappa shape index (κ3) is 2.80. The van der Waals surface area contributed by atoms with Crippen LogP contribution in [0.1, 0.15) is 66.7 Å². The van der Waals surface area contributed by atoms with Crippen LogP contribution in [0.5, 0.6) is 0 Å². The minimum atomic E-state index is 0.420. The normalized spacial score (nSPS) is 32.1. The summed E-state index contributed by atoms with van der Waals surface area (Å²) in [6.45, 7) is 11.9. The van der Waals surface area contributed by atoms with E-state index in [1.54, 1.807) is 0 Å². The smallest absolute Gasteiger partial charge is 0.00748 e. The first-order valence-electron chi connectivity index (χ1n) is 7.19. The Bertz CT molecular complexity index is 205. The Morgan fingerprint density at radius 1 is 1.19 bits per heavy atom. The first-order valence-corrected chi connectivity index (χ1v) is 7.19. The Labute approximate surface area is 102 Å². The van der Waals surface area contributed by atoms with Crippen LogP contribution < -0.4 is 5.73 Å². The van der Waals surface area contributed by atoms with Gasteiger partial charge in [-0.3, -0.25) is 0 Å². The van der Waals surface area contributed by atoms with E-state index < -0.39 is 0 Å². The molecule has 1 aliphatic rings. The van der Waals surface area contributed by atoms with Crippen LogP contribution in [-0.2, 0) is 0 Å². The number of nitrogens with two attached hydrogens (primary N) is 1. The van der Waals surface area contributed by atoms with E-state index in [-0.39, 0.29) is 0 Å². The zero-order valence-corrected chi connectivity index (χ0v) is 11.9. The minimum absolute atomic E-state index is 0.420. The molecule has 0 radical (unpaired) electrons. The average Bonchev–Trinajstić information content (AvgIpc) is 2.18. The molecule has 0 aromatic heterocycles. The van der Waals surface area contributed by atoms with Gasteiger partial charge in [0.15, 0.2) is 0 Å². The second-order valence-corrected chi connectivity index (χ2v) is 6.52. The number of rotatable bonds is 4. The Hall–Kier alpha value is -0.0400. The van der Waals surface area contributed by atoms with Crippen LogP contribution in [0.4, 0.5) is 0 Å². The molecular weight excluding hydrogens is 194 g/mol. The van der Waals surface area contributed by atoms with Crippen LogP contribution in [0, 0.1) is 23.2 Å². The lowest BCUT2D eigenvalue weighted by Gasteiger charge is -2.46. The summed E-state index contributed by atoms with van der Waals surface area (Å²) in [5.74, 6) is 2.40. The lowest BCUT2D eigenvalue weighted by molar-refractivity contribution is 0.0507. The predicted octanol–water partition coefficient (Wildman–Crippen LogP) is 4.21. The molecule has 0 aromatic rings. The van der Waals surface area contributed by atoms with E-state index in [2.05, 4.69) is 34.6 Å². The summed E-state index contributed by atoms with van der Waals surface area (Å²) in [5.41, 5.74) is 6.82. The van der Waals surface area contributed by atoms with Crippen molar-refractivity contribution < 1.29 is 0 Å². The molecule has 1 nitrogen and oxygen atoms in total. The summed E-state index contributed by atoms with van der Waals surface area (Å²) in [7, 11) is 0. The van der Waals surface area contributed by atoms with E-state index in [1.807, 2.05) is 0 Å². The lowest BCUT2D eigenvalue weighted by Crippen LogP contribution is -2.46. The SMILES string of the molecule is CCC(CC)C(C)(C)C1CCC(C)CC1N. The van der Waals surface area contributed by atoms with Crippen molar-refractivity contribution in [2.75, 3.05) is 0 Å². The summed E-state index contributed by atoms with van der Waals surface area (Å²) < 4.78 is 0. The van der Waals surface area contributed by atoms with Gasteiger partial charge >= 0.3 is 0 Å². The van der Waals surface area contributed by atoms with Crippen molar-refractivity contribution in [2.45, 2.75) is 72.8 Å². The maximum absolute atomic E-state index is 6.40. The fraction of sp³-hybridized carbons (Fsp3) is 1.00. The highest BCUT2D eigenvalue weighted by atomic mass is 14.7. The Balaban J connectivity index is 2.74. The molecule has 1 fully saturated rings. The molecule has 1 rings (SSSR count). The molecule has 2 N–H and O–H groups in total. The Morgan fingerprint density at radius 3 is 2.19 bits per heavy atom. The van der Waals surface area contributed by atoms with E-state index in [4.69, 9.17) is 5.73 Å². The highest BCUT2D eigenvalue weighted by Crippen LogP contribution is 2.46. The Kier molecular flexibility index (Phi) is 4.85. The standard InChI is InChI=1S/C15H31N/c1-6-12(7-2)15(4,5)13-9-8-11(3)10-14(13)16/h11-14H,6-10,16H2,1-5H3. The monoisotopic (exact) mass is 225 g/mol. The predicted molar refractivity (Wildman–Crippen MR) is 72.3 cm³/mol. The van der Waals surface area contributed by atoms with E-state index >= 15 is 0 Å². The molecule has 0 saturated heterocycles. The minimum Gasteiger partial charge on any atom is -0.327 e. The molecule has 3 unspecified atom stereocenters. The zero-order chi connectivity index (χ0) is 12.3. The molecule has 0 aromatic carbocycles. The van der Waals surface area contributed by atoms with Gasteiger partial charge in [0.2, 0.25) is 0 Å². The van der Waals surface area contributed by atoms with Gasteiger partial charge < -0.3 is 5.73 Å². The summed E-state index contributed by atoms with van der Waals surface area (Å²) in [4.78, 5) is 0. The molecule has 3 atom stereocenters. The van der Waals surface area contributed by atoms with Crippen molar-refractivity contribution >= 4 is 0 Å². The van der Waals surface area contributed by atoms with Crippen molar-refractivity contribution in [3.05, 3.63) is 0 Å². The van der Waals surface area contributed by atoms with Gasteiger partial charge in [0.05, 0.1) is 0 Å². The lowest BCUT2D eigenvalue weighted by atomic mass is 9.60. The molecule has 1 aliphatic carbocycles. The van der Waals surface area contributed by atoms with Gasteiger partial charge in [-0.05, 0) is 36.0 Å². The third-order valence-electron chi connectivity index (χ3n) is 5.16. The van der Waals surface area contributed by atoms with Gasteiger partial charge in [0.1, 0.15) is 0 Å². The van der Waals surface area contributed by atoms with Crippen LogP contribution in [0.15, 0.2) is 0 Å². The number of hydrogen-bond acceptors (Lipinski definition) is 1. The summed E-state index contributed by atoms with van der Waals surface area (Å²) in [5, 5.41) is 0. The van der Waals surface area contributed by atoms with Crippen molar-refractivity contribution in [3.63, 3.8) is 0 Å². The van der Waals surface area contributed by atoms with E-state index in [0.717, 1.165) is 17.8 Å². The molecule has 0 bridgehead atoms. The van der Waals surface area contributed by atoms with Crippen LogP contribution in [0.2, 0.25) is 0 Å². The topological polar surface area (TPSA) is 26.0 Å². The maximum atomic E-state index is 6.40. The molecule has 0 aliphatic heterocycles. The van der Waals surface area contributed by atoms with Crippen LogP contribution >= 0.6 is 0 Å². The van der Waals surface area contributed by atoms with Crippen molar-refractivity contribution in [1.29, 1.82) is 0 Å². The second kappa shape index (κ2) is 5.53. The Morgan fingerprint density at radius 2 is 1.75 bits per heavy atom. The van der Waals surface area contributed by atoms with E-state index in [1.165, 1.54) is 32.1 Å². The second-order valence-electron chi connectivity index (χ2n) is 6.52. The molecule has 1 heteroatoms. The largest absolute Gasteiger partial charge is 0.327 e. The highest BCUT2D eigenvalue weighted by Gasteiger charge is 2.40. The molecule has 0 heterocycles. The average molecular weight is 225 g/mol. The fourth-order valence-electron chi connectivity index (χ4n) is 3.99. The number of hydrogen-bond donors (Lipinski definition) is 1. The molecule has 0 spiro atoms. The van der Waals surface area contributed by atoms with Crippen molar-refractivity contribution in [3.8, 4) is 0 Å². The van der Waals surface area contributed by atoms with Crippen LogP contribution in [0.25, 0.3) is 0 Å². The van der Waals surface area contributed by atoms with Crippen molar-refractivity contribution in [1.82, 2.24) is 0 Å². The first-order chi connectivity index (χ1) is 7.43. The van der Waals surface area contributed by atoms with Gasteiger partial charge in [0.25, 0.3) is 0 Å². The molecule has 0 amide bonds. The van der Waals surface area contributed by atoms with Gasteiger partial charge in [-0.15, -0.1) is 0 Å². The maximum Gasteiger partial charge on any atom is 0.00748 e. The summed E-state index contributed by atoms with van der Waals surface area (Å²) >= 11 is 0. The van der Waals surface area contributed by atoms with Gasteiger partial charge in [-0.2, -0.15) is 0 Å². The van der Waals surface area contributed by atoms with Crippen LogP contribution in [0.3, 0.4) is 0 Å². The zero-order valence-electron chi connectivity index (χ0n) is 11.9. The highest BCUT2D eigenvalue weighted by molar-refractivity contribution is 4.93. The fourth-order valence-corrected chi connectivity index (χ4v) is 3.99. The quantitative estimate of drug-likeness (QED) is 0.762. The third-order valence-corrected chi connectivity index (χ3v) is 5.16. The summed E-state index contributed by atoms with van der Waals surface area (Å²) in [6, 6.07) is 0.430. The van der Waals surface area contributed by atoms with Gasteiger partial charge in [0, 0.05) is 6.04 Å². The molecule has 1 saturated carbocycles. The van der Waals surface area contributed by atoms with Crippen LogP contribution in [-0.4, -0.2) is 6.04 Å². The molecule has 16 heavy (non-hydrogen) atoms. The van der Waals surface area contributed by atoms with Gasteiger partial charge in [-0.25, -0.2) is 0 Å². The van der Waals surface area contributed by atoms with E-state index in [0.29, 0.717) is 11.5 Å². The molecule has 96 valence electrons. The first kappa shape index (κ1) is 14.0. The van der Waals surface area contributed by atoms with Gasteiger partial charge in [-0.1, -0.05) is 53.9 Å². The van der Waals surface area contributed by atoms with Crippen molar-refractivity contribution in [2.24, 2.45) is 28.9 Å². The molecular formula is C15H31N. The summed E-state index contributed by atoms with van der Waals surface area (Å²) in [6.07, 6.45) is 6.53. The van der Waals surface area contributed by atoms with E-state index in [9.17, 15) is 0 Å².